The Bertz CT molecular complexity index is 1220. The summed E-state index contributed by atoms with van der Waals surface area (Å²) in [5.41, 5.74) is 0.680. The van der Waals surface area contributed by atoms with Crippen LogP contribution >= 0.6 is 0 Å². The number of anilines is 1. The van der Waals surface area contributed by atoms with Crippen molar-refractivity contribution in [3.8, 4) is 6.19 Å². The predicted octanol–water partition coefficient (Wildman–Crippen LogP) is 3.11. The smallest absolute Gasteiger partial charge is 0.475 e. The minimum atomic E-state index is -5.08. The molecule has 0 saturated carbocycles. The highest BCUT2D eigenvalue weighted by Gasteiger charge is 2.38. The lowest BCUT2D eigenvalue weighted by molar-refractivity contribution is -0.192. The Morgan fingerprint density at radius 1 is 1.02 bits per heavy atom. The number of nitriles is 1. The molecule has 2 heterocycles. The first kappa shape index (κ1) is 35.8. The number of benzene rings is 1. The van der Waals surface area contributed by atoms with Crippen molar-refractivity contribution < 1.29 is 42.3 Å². The lowest BCUT2D eigenvalue weighted by Crippen LogP contribution is -2.52. The van der Waals surface area contributed by atoms with Gasteiger partial charge in [0, 0.05) is 64.1 Å². The zero-order valence-corrected chi connectivity index (χ0v) is 25.0. The fourth-order valence-electron chi connectivity index (χ4n) is 4.35. The molecule has 0 bridgehead atoms. The molecule has 242 valence electrons. The molecule has 0 aliphatic carbocycles. The predicted molar refractivity (Wildman–Crippen MR) is 152 cm³/mol. The monoisotopic (exact) mass is 625 g/mol. The van der Waals surface area contributed by atoms with Gasteiger partial charge in [-0.2, -0.15) is 18.4 Å². The number of carboxylic acid groups (broad SMARTS) is 1. The van der Waals surface area contributed by atoms with Crippen LogP contribution in [-0.4, -0.2) is 125 Å². The van der Waals surface area contributed by atoms with E-state index in [-0.39, 0.29) is 30.0 Å². The highest BCUT2D eigenvalue weighted by Crippen LogP contribution is 2.17. The number of carboxylic acids is 1. The van der Waals surface area contributed by atoms with E-state index in [4.69, 9.17) is 15.2 Å². The number of amides is 6. The number of carbonyl (C=O) groups excluding carboxylic acids is 4. The normalized spacial score (nSPS) is 15.1. The van der Waals surface area contributed by atoms with Crippen LogP contribution in [0.1, 0.15) is 43.5 Å². The van der Waals surface area contributed by atoms with Gasteiger partial charge in [-0.1, -0.05) is 19.9 Å². The second-order valence-electron chi connectivity index (χ2n) is 10.7. The molecule has 13 nitrogen and oxygen atoms in total. The minimum Gasteiger partial charge on any atom is -0.475 e. The van der Waals surface area contributed by atoms with E-state index in [1.807, 2.05) is 18.7 Å². The highest BCUT2D eigenvalue weighted by molar-refractivity contribution is 6.05. The Balaban J connectivity index is 0.000000860. The molecule has 0 unspecified atom stereocenters. The molecule has 0 aromatic heterocycles. The number of urea groups is 2. The molecular formula is C28H38F3N7O6. The summed E-state index contributed by atoms with van der Waals surface area (Å²) in [4.78, 5) is 67.5. The molecule has 44 heavy (non-hydrogen) atoms. The van der Waals surface area contributed by atoms with Crippen molar-refractivity contribution in [1.29, 1.82) is 5.26 Å². The van der Waals surface area contributed by atoms with Gasteiger partial charge in [0.25, 0.3) is 5.91 Å². The lowest BCUT2D eigenvalue weighted by atomic mass is 10.1. The van der Waals surface area contributed by atoms with Gasteiger partial charge in [-0.15, -0.1) is 0 Å². The molecule has 3 rings (SSSR count). The zero-order valence-electron chi connectivity index (χ0n) is 25.0. The van der Waals surface area contributed by atoms with Crippen LogP contribution in [0.4, 0.5) is 28.4 Å². The van der Waals surface area contributed by atoms with Crippen LogP contribution in [0.25, 0.3) is 0 Å². The Morgan fingerprint density at radius 3 is 2.14 bits per heavy atom. The van der Waals surface area contributed by atoms with E-state index in [1.165, 1.54) is 13.1 Å². The van der Waals surface area contributed by atoms with Crippen LogP contribution in [-0.2, 0) is 9.59 Å². The standard InChI is InChI=1S/C26H37N7O4.C2HF3O2/c1-20(2)9-12-33(26(37)29(3)19-27)24(35)21-7-6-8-22(17-21)28-25(36)32-15-13-30(14-16-32)18-23(34)31-10-4-5-11-31;3-2(4,5)1(6)7/h6-8,17,20H,4-5,9-16,18H2,1-3H3,(H,28,36);(H,6,7). The number of nitrogens with one attached hydrogen (secondary N) is 1. The van der Waals surface area contributed by atoms with Crippen LogP contribution in [0.15, 0.2) is 24.3 Å². The fourth-order valence-corrected chi connectivity index (χ4v) is 4.35. The van der Waals surface area contributed by atoms with E-state index in [0.717, 1.165) is 35.7 Å². The number of alkyl halides is 3. The summed E-state index contributed by atoms with van der Waals surface area (Å²) < 4.78 is 31.7. The van der Waals surface area contributed by atoms with Gasteiger partial charge >= 0.3 is 24.2 Å². The Kier molecular flexibility index (Phi) is 13.4. The first-order valence-electron chi connectivity index (χ1n) is 14.1. The van der Waals surface area contributed by atoms with E-state index < -0.39 is 24.1 Å². The van der Waals surface area contributed by atoms with Crippen molar-refractivity contribution in [1.82, 2.24) is 24.5 Å². The molecule has 2 fully saturated rings. The maximum absolute atomic E-state index is 13.2. The Hall–Kier alpha value is -4.39. The van der Waals surface area contributed by atoms with Gasteiger partial charge < -0.3 is 20.2 Å². The summed E-state index contributed by atoms with van der Waals surface area (Å²) in [7, 11) is 1.32. The van der Waals surface area contributed by atoms with Crippen molar-refractivity contribution in [3.63, 3.8) is 0 Å². The third kappa shape index (κ3) is 11.0. The first-order chi connectivity index (χ1) is 20.6. The van der Waals surface area contributed by atoms with Crippen molar-refractivity contribution >= 4 is 35.5 Å². The molecule has 16 heteroatoms. The topological polar surface area (TPSA) is 158 Å². The fraction of sp³-hybridized carbons (Fsp3) is 0.571. The van der Waals surface area contributed by atoms with Crippen LogP contribution in [0, 0.1) is 17.4 Å². The molecule has 2 N–H and O–H groups in total. The number of likely N-dealkylation sites (tertiary alicyclic amines) is 1. The average Bonchev–Trinajstić information content (AvgIpc) is 3.52. The van der Waals surface area contributed by atoms with Gasteiger partial charge in [-0.05, 0) is 43.4 Å². The Labute approximate surface area is 253 Å². The molecular weight excluding hydrogens is 587 g/mol. The van der Waals surface area contributed by atoms with E-state index in [2.05, 4.69) is 10.2 Å². The Morgan fingerprint density at radius 2 is 1.61 bits per heavy atom. The highest BCUT2D eigenvalue weighted by atomic mass is 19.4. The number of rotatable bonds is 7. The maximum Gasteiger partial charge on any atom is 0.490 e. The van der Waals surface area contributed by atoms with Gasteiger partial charge in [0.1, 0.15) is 0 Å². The molecule has 0 atom stereocenters. The summed E-state index contributed by atoms with van der Waals surface area (Å²) >= 11 is 0. The molecule has 0 radical (unpaired) electrons. The van der Waals surface area contributed by atoms with E-state index >= 15 is 0 Å². The van der Waals surface area contributed by atoms with Gasteiger partial charge in [0.2, 0.25) is 5.91 Å². The third-order valence-electron chi connectivity index (χ3n) is 6.92. The number of hydrogen-bond donors (Lipinski definition) is 2. The van der Waals surface area contributed by atoms with E-state index in [0.29, 0.717) is 44.8 Å². The molecule has 2 aliphatic rings. The number of piperazine rings is 1. The summed E-state index contributed by atoms with van der Waals surface area (Å²) in [5, 5.41) is 19.1. The number of carbonyl (C=O) groups is 5. The minimum absolute atomic E-state index is 0.152. The van der Waals surface area contributed by atoms with E-state index in [9.17, 15) is 32.3 Å². The number of hydrogen-bond acceptors (Lipinski definition) is 7. The molecule has 0 spiro atoms. The second kappa shape index (κ2) is 16.5. The maximum atomic E-state index is 13.2. The second-order valence-corrected chi connectivity index (χ2v) is 10.7. The number of halogens is 3. The summed E-state index contributed by atoms with van der Waals surface area (Å²) in [6.07, 6.45) is -0.610. The SMILES string of the molecule is CC(C)CCN(C(=O)c1cccc(NC(=O)N2CCN(CC(=O)N3CCCC3)CC2)c1)C(=O)N(C)C#N.O=C(O)C(F)(F)F. The van der Waals surface area contributed by atoms with Crippen LogP contribution in [0.5, 0.6) is 0 Å². The number of aliphatic carboxylic acids is 1. The largest absolute Gasteiger partial charge is 0.490 e. The van der Waals surface area contributed by atoms with Crippen LogP contribution in [0.2, 0.25) is 0 Å². The van der Waals surface area contributed by atoms with Gasteiger partial charge in [-0.25, -0.2) is 19.3 Å². The molecule has 1 aromatic carbocycles. The van der Waals surface area contributed by atoms with Gasteiger partial charge in [-0.3, -0.25) is 19.4 Å². The van der Waals surface area contributed by atoms with Crippen molar-refractivity contribution in [3.05, 3.63) is 29.8 Å². The van der Waals surface area contributed by atoms with Crippen LogP contribution in [0.3, 0.4) is 0 Å². The first-order valence-corrected chi connectivity index (χ1v) is 14.1. The summed E-state index contributed by atoms with van der Waals surface area (Å²) in [5.74, 6) is -2.87. The van der Waals surface area contributed by atoms with E-state index in [1.54, 1.807) is 29.3 Å². The van der Waals surface area contributed by atoms with Crippen molar-refractivity contribution in [2.24, 2.45) is 5.92 Å². The quantitative estimate of drug-likeness (QED) is 0.346. The zero-order chi connectivity index (χ0) is 33.0. The molecule has 2 aliphatic heterocycles. The number of imide groups is 1. The molecule has 1 aromatic rings. The molecule has 6 amide bonds. The van der Waals surface area contributed by atoms with Gasteiger partial charge in [0.15, 0.2) is 6.19 Å². The lowest BCUT2D eigenvalue weighted by Gasteiger charge is -2.35. The van der Waals surface area contributed by atoms with Crippen molar-refractivity contribution in [2.45, 2.75) is 39.3 Å². The van der Waals surface area contributed by atoms with Crippen molar-refractivity contribution in [2.75, 3.05) is 64.7 Å². The van der Waals surface area contributed by atoms with Gasteiger partial charge in [0.05, 0.1) is 6.54 Å². The summed E-state index contributed by atoms with van der Waals surface area (Å²) in [6, 6.07) is 5.46. The summed E-state index contributed by atoms with van der Waals surface area (Å²) in [6.45, 7) is 8.43. The molecule has 2 saturated heterocycles. The third-order valence-corrected chi connectivity index (χ3v) is 6.92. The van der Waals surface area contributed by atoms with Crippen LogP contribution < -0.4 is 5.32 Å². The number of nitrogens with zero attached hydrogens (tertiary/aromatic N) is 6. The average molecular weight is 626 g/mol.